The van der Waals surface area contributed by atoms with Crippen LogP contribution in [0.5, 0.6) is 17.2 Å². The molecule has 1 aliphatic heterocycles. The molecule has 1 aromatic carbocycles. The summed E-state index contributed by atoms with van der Waals surface area (Å²) in [5.41, 5.74) is 0.991. The molecule has 0 spiro atoms. The maximum Gasteiger partial charge on any atom is 0.130 e. The van der Waals surface area contributed by atoms with Gasteiger partial charge in [0.2, 0.25) is 0 Å². The molecule has 5 heteroatoms. The van der Waals surface area contributed by atoms with Crippen molar-refractivity contribution in [3.05, 3.63) is 17.7 Å². The van der Waals surface area contributed by atoms with Crippen LogP contribution in [0.2, 0.25) is 0 Å². The summed E-state index contributed by atoms with van der Waals surface area (Å²) in [4.78, 5) is 0. The van der Waals surface area contributed by atoms with Crippen molar-refractivity contribution < 1.29 is 18.9 Å². The number of rotatable bonds is 7. The van der Waals surface area contributed by atoms with Crippen LogP contribution in [0, 0.1) is 0 Å². The molecule has 1 N–H and O–H groups in total. The maximum absolute atomic E-state index is 5.71. The summed E-state index contributed by atoms with van der Waals surface area (Å²) in [6.07, 6.45) is 2.55. The van der Waals surface area contributed by atoms with Gasteiger partial charge in [0.1, 0.15) is 17.2 Å². The Kier molecular flexibility index (Phi) is 5.70. The van der Waals surface area contributed by atoms with Crippen molar-refractivity contribution in [2.75, 3.05) is 27.9 Å². The Bertz CT molecular complexity index is 433. The molecule has 0 aliphatic carbocycles. The number of ether oxygens (including phenoxy) is 4. The predicted octanol–water partition coefficient (Wildman–Crippen LogP) is 2.37. The third-order valence-corrected chi connectivity index (χ3v) is 3.94. The Balaban J connectivity index is 2.10. The number of benzene rings is 1. The lowest BCUT2D eigenvalue weighted by atomic mass is 10.1. The Morgan fingerprint density at radius 1 is 1.19 bits per heavy atom. The van der Waals surface area contributed by atoms with Crippen molar-refractivity contribution in [3.63, 3.8) is 0 Å². The number of nitrogens with one attached hydrogen (secondary N) is 1. The monoisotopic (exact) mass is 295 g/mol. The average molecular weight is 295 g/mol. The molecular formula is C16H25NO4. The molecule has 5 nitrogen and oxygen atoms in total. The second-order valence-electron chi connectivity index (χ2n) is 5.23. The Labute approximate surface area is 126 Å². The van der Waals surface area contributed by atoms with Crippen molar-refractivity contribution in [2.24, 2.45) is 0 Å². The van der Waals surface area contributed by atoms with E-state index >= 15 is 0 Å². The zero-order valence-corrected chi connectivity index (χ0v) is 13.3. The molecule has 2 rings (SSSR count). The van der Waals surface area contributed by atoms with Gasteiger partial charge in [0.25, 0.3) is 0 Å². The van der Waals surface area contributed by atoms with E-state index in [0.717, 1.165) is 42.3 Å². The second kappa shape index (κ2) is 7.52. The maximum atomic E-state index is 5.71. The van der Waals surface area contributed by atoms with E-state index in [1.807, 2.05) is 12.1 Å². The summed E-state index contributed by atoms with van der Waals surface area (Å²) in [6.45, 7) is 3.68. The van der Waals surface area contributed by atoms with E-state index in [1.54, 1.807) is 21.3 Å². The highest BCUT2D eigenvalue weighted by Crippen LogP contribution is 2.34. The third-order valence-electron chi connectivity index (χ3n) is 3.94. The third kappa shape index (κ3) is 3.80. The van der Waals surface area contributed by atoms with Gasteiger partial charge in [0.15, 0.2) is 0 Å². The zero-order chi connectivity index (χ0) is 15.2. The molecule has 1 aliphatic rings. The van der Waals surface area contributed by atoms with Crippen molar-refractivity contribution >= 4 is 0 Å². The van der Waals surface area contributed by atoms with E-state index in [2.05, 4.69) is 12.2 Å². The molecule has 0 bridgehead atoms. The van der Waals surface area contributed by atoms with Crippen LogP contribution < -0.4 is 19.5 Å². The smallest absolute Gasteiger partial charge is 0.130 e. The molecule has 2 atom stereocenters. The Hall–Kier alpha value is -1.46. The molecule has 21 heavy (non-hydrogen) atoms. The summed E-state index contributed by atoms with van der Waals surface area (Å²) < 4.78 is 21.9. The van der Waals surface area contributed by atoms with Gasteiger partial charge in [0.05, 0.1) is 33.0 Å². The molecular weight excluding hydrogens is 270 g/mol. The lowest BCUT2D eigenvalue weighted by Crippen LogP contribution is -2.36. The van der Waals surface area contributed by atoms with Crippen LogP contribution in [-0.4, -0.2) is 40.1 Å². The highest BCUT2D eigenvalue weighted by atomic mass is 16.5. The van der Waals surface area contributed by atoms with Gasteiger partial charge in [-0.15, -0.1) is 0 Å². The van der Waals surface area contributed by atoms with Gasteiger partial charge in [-0.3, -0.25) is 0 Å². The molecule has 2 unspecified atom stereocenters. The van der Waals surface area contributed by atoms with Gasteiger partial charge >= 0.3 is 0 Å². The van der Waals surface area contributed by atoms with E-state index in [1.165, 1.54) is 0 Å². The van der Waals surface area contributed by atoms with E-state index in [9.17, 15) is 0 Å². The molecule has 1 aromatic rings. The van der Waals surface area contributed by atoms with Crippen LogP contribution in [-0.2, 0) is 11.3 Å². The summed E-state index contributed by atoms with van der Waals surface area (Å²) in [7, 11) is 4.94. The fourth-order valence-electron chi connectivity index (χ4n) is 2.64. The largest absolute Gasteiger partial charge is 0.496 e. The summed E-state index contributed by atoms with van der Waals surface area (Å²) >= 11 is 0. The van der Waals surface area contributed by atoms with Gasteiger partial charge in [0, 0.05) is 31.3 Å². The lowest BCUT2D eigenvalue weighted by Gasteiger charge is -2.22. The normalized spacial score (nSPS) is 19.3. The molecule has 118 valence electrons. The standard InChI is InChI=1S/C16H25NO4/c1-11(14-6-5-7-21-14)17-10-13-15(19-3)8-12(18-2)9-16(13)20-4/h8-9,11,14,17H,5-7,10H2,1-4H3. The van der Waals surface area contributed by atoms with Crippen LogP contribution in [0.15, 0.2) is 12.1 Å². The fourth-order valence-corrected chi connectivity index (χ4v) is 2.64. The molecule has 0 radical (unpaired) electrons. The van der Waals surface area contributed by atoms with Gasteiger partial charge in [-0.25, -0.2) is 0 Å². The lowest BCUT2D eigenvalue weighted by molar-refractivity contribution is 0.0830. The van der Waals surface area contributed by atoms with E-state index < -0.39 is 0 Å². The van der Waals surface area contributed by atoms with Gasteiger partial charge in [-0.2, -0.15) is 0 Å². The highest BCUT2D eigenvalue weighted by molar-refractivity contribution is 5.50. The SMILES string of the molecule is COc1cc(OC)c(CNC(C)C2CCCO2)c(OC)c1. The van der Waals surface area contributed by atoms with Crippen LogP contribution >= 0.6 is 0 Å². The van der Waals surface area contributed by atoms with Crippen LogP contribution in [0.25, 0.3) is 0 Å². The molecule has 1 saturated heterocycles. The van der Waals surface area contributed by atoms with E-state index in [4.69, 9.17) is 18.9 Å². The van der Waals surface area contributed by atoms with E-state index in [-0.39, 0.29) is 0 Å². The van der Waals surface area contributed by atoms with Gasteiger partial charge in [-0.05, 0) is 19.8 Å². The summed E-state index contributed by atoms with van der Waals surface area (Å²) in [5.74, 6) is 2.25. The van der Waals surface area contributed by atoms with Crippen molar-refractivity contribution in [1.82, 2.24) is 5.32 Å². The molecule has 0 aromatic heterocycles. The van der Waals surface area contributed by atoms with Crippen molar-refractivity contribution in [1.29, 1.82) is 0 Å². The average Bonchev–Trinajstić information content (AvgIpc) is 3.06. The minimum Gasteiger partial charge on any atom is -0.496 e. The quantitative estimate of drug-likeness (QED) is 0.837. The van der Waals surface area contributed by atoms with E-state index in [0.29, 0.717) is 18.7 Å². The number of hydrogen-bond acceptors (Lipinski definition) is 5. The first-order valence-electron chi connectivity index (χ1n) is 7.33. The summed E-state index contributed by atoms with van der Waals surface area (Å²) in [5, 5.41) is 3.50. The van der Waals surface area contributed by atoms with Crippen molar-refractivity contribution in [2.45, 2.75) is 38.5 Å². The molecule has 0 saturated carbocycles. The Morgan fingerprint density at radius 3 is 2.33 bits per heavy atom. The highest BCUT2D eigenvalue weighted by Gasteiger charge is 2.23. The first-order chi connectivity index (χ1) is 10.2. The number of hydrogen-bond donors (Lipinski definition) is 1. The minimum atomic E-state index is 0.292. The predicted molar refractivity (Wildman–Crippen MR) is 81.4 cm³/mol. The Morgan fingerprint density at radius 2 is 1.86 bits per heavy atom. The topological polar surface area (TPSA) is 49.0 Å². The van der Waals surface area contributed by atoms with Gasteiger partial charge in [-0.1, -0.05) is 0 Å². The minimum absolute atomic E-state index is 0.292. The molecule has 1 heterocycles. The van der Waals surface area contributed by atoms with Crippen LogP contribution in [0.1, 0.15) is 25.3 Å². The molecule has 0 amide bonds. The van der Waals surface area contributed by atoms with Crippen LogP contribution in [0.4, 0.5) is 0 Å². The second-order valence-corrected chi connectivity index (χ2v) is 5.23. The molecule has 1 fully saturated rings. The zero-order valence-electron chi connectivity index (χ0n) is 13.3. The van der Waals surface area contributed by atoms with Crippen molar-refractivity contribution in [3.8, 4) is 17.2 Å². The first-order valence-corrected chi connectivity index (χ1v) is 7.33. The van der Waals surface area contributed by atoms with Gasteiger partial charge < -0.3 is 24.3 Å². The number of methoxy groups -OCH3 is 3. The summed E-state index contributed by atoms with van der Waals surface area (Å²) in [6, 6.07) is 4.04. The first kappa shape index (κ1) is 15.9. The fraction of sp³-hybridized carbons (Fsp3) is 0.625. The van der Waals surface area contributed by atoms with Crippen LogP contribution in [0.3, 0.4) is 0 Å².